The average Bonchev–Trinajstić information content (AvgIpc) is 3.35. The molecule has 0 aliphatic carbocycles. The van der Waals surface area contributed by atoms with Gasteiger partial charge in [0.15, 0.2) is 0 Å². The quantitative estimate of drug-likeness (QED) is 0.426. The van der Waals surface area contributed by atoms with Gasteiger partial charge in [-0.25, -0.2) is 0 Å². The normalized spacial score (nSPS) is 10.8. The molecule has 4 aromatic rings. The van der Waals surface area contributed by atoms with Gasteiger partial charge >= 0.3 is 0 Å². The maximum atomic E-state index is 12.8. The Morgan fingerprint density at radius 2 is 1.90 bits per heavy atom. The van der Waals surface area contributed by atoms with Crippen molar-refractivity contribution in [3.63, 3.8) is 0 Å². The van der Waals surface area contributed by atoms with E-state index in [1.54, 1.807) is 36.8 Å². The Hall–Kier alpha value is -2.80. The third kappa shape index (κ3) is 4.29. The molecular weight excluding hydrogens is 429 g/mol. The monoisotopic (exact) mass is 443 g/mol. The van der Waals surface area contributed by atoms with E-state index in [0.29, 0.717) is 27.2 Å². The van der Waals surface area contributed by atoms with Gasteiger partial charge in [0.05, 0.1) is 22.1 Å². The second-order valence-electron chi connectivity index (χ2n) is 6.32. The van der Waals surface area contributed by atoms with Crippen molar-refractivity contribution < 1.29 is 4.79 Å². The molecule has 0 spiro atoms. The van der Waals surface area contributed by atoms with Crippen molar-refractivity contribution >= 4 is 46.1 Å². The molecule has 0 aliphatic rings. The molecule has 0 saturated carbocycles. The maximum Gasteiger partial charge on any atom is 0.257 e. The summed E-state index contributed by atoms with van der Waals surface area (Å²) in [6, 6.07) is 14.0. The Morgan fingerprint density at radius 3 is 2.66 bits per heavy atom. The lowest BCUT2D eigenvalue weighted by Crippen LogP contribution is -2.21. The van der Waals surface area contributed by atoms with Gasteiger partial charge in [0.1, 0.15) is 0 Å². The summed E-state index contributed by atoms with van der Waals surface area (Å²) in [5, 5.41) is 3.43. The molecule has 1 aromatic carbocycles. The molecule has 29 heavy (non-hydrogen) atoms. The molecule has 5 nitrogen and oxygen atoms in total. The highest BCUT2D eigenvalue weighted by Crippen LogP contribution is 2.33. The fourth-order valence-electron chi connectivity index (χ4n) is 2.95. The molecule has 0 radical (unpaired) electrons. The van der Waals surface area contributed by atoms with Gasteiger partial charge in [-0.05, 0) is 29.8 Å². The molecule has 0 saturated heterocycles. The summed E-state index contributed by atoms with van der Waals surface area (Å²) in [6.07, 6.45) is 5.01. The van der Waals surface area contributed by atoms with Crippen LogP contribution in [0.4, 0.5) is 5.69 Å². The van der Waals surface area contributed by atoms with Crippen LogP contribution in [0.2, 0.25) is 9.36 Å². The predicted molar refractivity (Wildman–Crippen MR) is 118 cm³/mol. The summed E-state index contributed by atoms with van der Waals surface area (Å²) in [6.45, 7) is 0.311. The number of rotatable bonds is 5. The molecular formula is C21H15Cl2N3O2S. The number of H-pyrrole nitrogens is 1. The fourth-order valence-corrected chi connectivity index (χ4v) is 4.22. The van der Waals surface area contributed by atoms with Crippen LogP contribution in [0.25, 0.3) is 10.4 Å². The van der Waals surface area contributed by atoms with Crippen LogP contribution in [-0.2, 0) is 6.54 Å². The van der Waals surface area contributed by atoms with Crippen molar-refractivity contribution in [3.8, 4) is 10.4 Å². The largest absolute Gasteiger partial charge is 0.366 e. The van der Waals surface area contributed by atoms with Crippen molar-refractivity contribution in [1.82, 2.24) is 9.55 Å². The smallest absolute Gasteiger partial charge is 0.257 e. The lowest BCUT2D eigenvalue weighted by molar-refractivity contribution is 0.102. The molecule has 4 rings (SSSR count). The van der Waals surface area contributed by atoms with Gasteiger partial charge in [0.2, 0.25) is 0 Å². The number of pyridine rings is 1. The van der Waals surface area contributed by atoms with Crippen LogP contribution in [0, 0.1) is 0 Å². The van der Waals surface area contributed by atoms with Crippen LogP contribution >= 0.6 is 34.5 Å². The number of thiophene rings is 1. The topological polar surface area (TPSA) is 66.9 Å². The van der Waals surface area contributed by atoms with Gasteiger partial charge in [-0.15, -0.1) is 11.3 Å². The summed E-state index contributed by atoms with van der Waals surface area (Å²) in [4.78, 5) is 28.9. The number of anilines is 1. The number of aromatic nitrogens is 2. The molecule has 3 heterocycles. The van der Waals surface area contributed by atoms with Crippen molar-refractivity contribution in [2.75, 3.05) is 5.32 Å². The van der Waals surface area contributed by atoms with Gasteiger partial charge in [-0.2, -0.15) is 0 Å². The minimum atomic E-state index is -0.284. The number of aromatic amines is 1. The molecule has 146 valence electrons. The van der Waals surface area contributed by atoms with Gasteiger partial charge in [0.25, 0.3) is 11.5 Å². The minimum absolute atomic E-state index is 0.182. The van der Waals surface area contributed by atoms with Crippen LogP contribution in [0.15, 0.2) is 71.9 Å². The third-order valence-corrected chi connectivity index (χ3v) is 6.00. The van der Waals surface area contributed by atoms with Crippen LogP contribution in [0.5, 0.6) is 0 Å². The van der Waals surface area contributed by atoms with E-state index in [2.05, 4.69) is 10.3 Å². The van der Waals surface area contributed by atoms with Crippen LogP contribution in [0.1, 0.15) is 15.9 Å². The van der Waals surface area contributed by atoms with E-state index in [0.717, 1.165) is 16.0 Å². The highest BCUT2D eigenvalue weighted by atomic mass is 35.5. The highest BCUT2D eigenvalue weighted by molar-refractivity contribution is 7.19. The predicted octanol–water partition coefficient (Wildman–Crippen LogP) is 5.51. The Morgan fingerprint density at radius 1 is 1.07 bits per heavy atom. The summed E-state index contributed by atoms with van der Waals surface area (Å²) in [7, 11) is 0. The Balaban J connectivity index is 1.58. The van der Waals surface area contributed by atoms with Crippen LogP contribution < -0.4 is 10.9 Å². The van der Waals surface area contributed by atoms with Crippen LogP contribution in [0.3, 0.4) is 0 Å². The van der Waals surface area contributed by atoms with E-state index in [9.17, 15) is 9.59 Å². The Labute approximate surface area is 180 Å². The molecule has 0 aliphatic heterocycles. The number of carbonyl (C=O) groups excluding carboxylic acids is 1. The third-order valence-electron chi connectivity index (χ3n) is 4.37. The number of nitrogens with zero attached hydrogens (tertiary/aromatic N) is 1. The molecule has 1 amide bonds. The number of halogens is 2. The summed E-state index contributed by atoms with van der Waals surface area (Å²) >= 11 is 13.6. The summed E-state index contributed by atoms with van der Waals surface area (Å²) < 4.78 is 2.16. The minimum Gasteiger partial charge on any atom is -0.366 e. The average molecular weight is 444 g/mol. The first kappa shape index (κ1) is 19.5. The molecule has 0 bridgehead atoms. The van der Waals surface area contributed by atoms with Crippen molar-refractivity contribution in [1.29, 1.82) is 0 Å². The molecule has 0 fully saturated rings. The Kier molecular flexibility index (Phi) is 5.58. The molecule has 2 N–H and O–H groups in total. The molecule has 8 heteroatoms. The van der Waals surface area contributed by atoms with E-state index in [1.807, 2.05) is 24.3 Å². The van der Waals surface area contributed by atoms with Gasteiger partial charge in [0, 0.05) is 40.1 Å². The number of hydrogen-bond acceptors (Lipinski definition) is 3. The second kappa shape index (κ2) is 8.29. The zero-order valence-electron chi connectivity index (χ0n) is 15.0. The van der Waals surface area contributed by atoms with Gasteiger partial charge in [-0.3, -0.25) is 9.59 Å². The fraction of sp³-hybridized carbons (Fsp3) is 0.0476. The van der Waals surface area contributed by atoms with Crippen molar-refractivity contribution in [2.45, 2.75) is 6.54 Å². The molecule has 3 aromatic heterocycles. The lowest BCUT2D eigenvalue weighted by Gasteiger charge is -2.11. The van der Waals surface area contributed by atoms with Crippen molar-refractivity contribution in [3.05, 3.63) is 98.0 Å². The summed E-state index contributed by atoms with van der Waals surface area (Å²) in [5.74, 6) is -0.284. The zero-order chi connectivity index (χ0) is 20.4. The molecule has 0 unspecified atom stereocenters. The number of nitrogens with one attached hydrogen (secondary N) is 2. The van der Waals surface area contributed by atoms with Crippen molar-refractivity contribution in [2.24, 2.45) is 0 Å². The van der Waals surface area contributed by atoms with Crippen LogP contribution in [-0.4, -0.2) is 15.5 Å². The number of benzene rings is 1. The van der Waals surface area contributed by atoms with E-state index < -0.39 is 0 Å². The first-order valence-electron chi connectivity index (χ1n) is 8.69. The van der Waals surface area contributed by atoms with E-state index in [-0.39, 0.29) is 11.5 Å². The highest BCUT2D eigenvalue weighted by Gasteiger charge is 2.16. The molecule has 0 atom stereocenters. The summed E-state index contributed by atoms with van der Waals surface area (Å²) in [5.41, 5.74) is 2.41. The standard InChI is InChI=1S/C21H15Cl2N3O2S/c22-17-4-2-1-3-13(17)11-26-12-14(5-8-20(26)27)25-21(28)16-10-24-9-15(16)18-6-7-19(23)29-18/h1-10,12,24H,11H2,(H,25,28). The number of amides is 1. The van der Waals surface area contributed by atoms with E-state index >= 15 is 0 Å². The SMILES string of the molecule is O=C(Nc1ccc(=O)n(Cc2ccccc2Cl)c1)c1c[nH]cc1-c1ccc(Cl)s1. The zero-order valence-corrected chi connectivity index (χ0v) is 17.3. The first-order valence-corrected chi connectivity index (χ1v) is 10.3. The number of hydrogen-bond donors (Lipinski definition) is 2. The van der Waals surface area contributed by atoms with Gasteiger partial charge in [-0.1, -0.05) is 41.4 Å². The first-order chi connectivity index (χ1) is 14.0. The van der Waals surface area contributed by atoms with E-state index in [4.69, 9.17) is 23.2 Å². The maximum absolute atomic E-state index is 12.8. The lowest BCUT2D eigenvalue weighted by atomic mass is 10.1. The van der Waals surface area contributed by atoms with Gasteiger partial charge < -0.3 is 14.9 Å². The second-order valence-corrected chi connectivity index (χ2v) is 8.44. The van der Waals surface area contributed by atoms with E-state index in [1.165, 1.54) is 22.0 Å². The number of carbonyl (C=O) groups is 1. The Bertz CT molecular complexity index is 1240.